The van der Waals surface area contributed by atoms with Crippen molar-refractivity contribution in [2.45, 2.75) is 289 Å². The summed E-state index contributed by atoms with van der Waals surface area (Å²) in [5.41, 5.74) is 0. The zero-order valence-electron chi connectivity index (χ0n) is 41.7. The lowest BCUT2D eigenvalue weighted by Gasteiger charge is -2.30. The molecule has 0 spiro atoms. The Balaban J connectivity index is 3.85. The van der Waals surface area contributed by atoms with Crippen LogP contribution in [0.1, 0.15) is 277 Å². The number of unbranched alkanes of at least 4 members (excludes halogenated alkanes) is 37. The number of aliphatic hydroxyl groups excluding tert-OH is 1. The summed E-state index contributed by atoms with van der Waals surface area (Å²) in [7, 11) is 1.32. The van der Waals surface area contributed by atoms with E-state index in [-0.39, 0.29) is 19.1 Å². The number of phosphoric ester groups is 1. The molecule has 0 bridgehead atoms. The normalized spacial score (nSPS) is 14.0. The van der Waals surface area contributed by atoms with Crippen LogP contribution in [0.15, 0.2) is 0 Å². The van der Waals surface area contributed by atoms with Crippen molar-refractivity contribution >= 4 is 13.7 Å². The van der Waals surface area contributed by atoms with Crippen molar-refractivity contribution in [3.8, 4) is 0 Å². The quantitative estimate of drug-likeness (QED) is 0.0358. The van der Waals surface area contributed by atoms with Gasteiger partial charge in [0.25, 0.3) is 7.82 Å². The maximum atomic E-state index is 12.9. The van der Waals surface area contributed by atoms with Crippen molar-refractivity contribution in [1.82, 2.24) is 5.32 Å². The van der Waals surface area contributed by atoms with E-state index in [1.165, 1.54) is 212 Å². The van der Waals surface area contributed by atoms with Gasteiger partial charge < -0.3 is 28.8 Å². The Hall–Kier alpha value is -0.500. The smallest absolute Gasteiger partial charge is 0.268 e. The molecule has 0 aromatic carbocycles. The SMILES string of the molecule is CCCCCCCCCCCCCCCCCCCCCCCCCCCCCCCCCC(=O)NC(COP(=O)([O-])OCC[N+](C)(C)C)C(O)CCCCCCCCCC. The monoisotopic (exact) mass is 887 g/mol. The van der Waals surface area contributed by atoms with E-state index in [0.29, 0.717) is 23.9 Å². The second-order valence-corrected chi connectivity index (χ2v) is 21.4. The lowest BCUT2D eigenvalue weighted by Crippen LogP contribution is -2.46. The number of carbonyl (C=O) groups is 1. The van der Waals surface area contributed by atoms with E-state index in [0.717, 1.165) is 38.5 Å². The number of quaternary nitrogens is 1. The highest BCUT2D eigenvalue weighted by Gasteiger charge is 2.24. The highest BCUT2D eigenvalue weighted by atomic mass is 31.2. The van der Waals surface area contributed by atoms with E-state index >= 15 is 0 Å². The van der Waals surface area contributed by atoms with Crippen molar-refractivity contribution < 1.29 is 32.9 Å². The molecular weight excluding hydrogens is 780 g/mol. The summed E-state index contributed by atoms with van der Waals surface area (Å²) in [6.45, 7) is 4.72. The molecule has 0 saturated heterocycles. The van der Waals surface area contributed by atoms with Crippen molar-refractivity contribution in [1.29, 1.82) is 0 Å². The molecule has 0 rings (SSSR count). The highest BCUT2D eigenvalue weighted by Crippen LogP contribution is 2.38. The number of aliphatic hydroxyl groups is 1. The summed E-state index contributed by atoms with van der Waals surface area (Å²) in [4.78, 5) is 25.3. The molecule has 3 atom stereocenters. The summed E-state index contributed by atoms with van der Waals surface area (Å²) in [6.07, 6.45) is 51.7. The Bertz CT molecular complexity index is 963. The average Bonchev–Trinajstić information content (AvgIpc) is 3.21. The molecule has 8 nitrogen and oxygen atoms in total. The van der Waals surface area contributed by atoms with Gasteiger partial charge in [0.1, 0.15) is 13.2 Å². The van der Waals surface area contributed by atoms with E-state index in [1.54, 1.807) is 0 Å². The predicted octanol–water partition coefficient (Wildman–Crippen LogP) is 15.1. The van der Waals surface area contributed by atoms with Crippen LogP contribution in [0.3, 0.4) is 0 Å². The largest absolute Gasteiger partial charge is 0.756 e. The summed E-state index contributed by atoms with van der Waals surface area (Å²) in [6, 6.07) is -0.792. The number of hydrogen-bond donors (Lipinski definition) is 2. The van der Waals surface area contributed by atoms with Crippen LogP contribution in [-0.4, -0.2) is 68.5 Å². The maximum Gasteiger partial charge on any atom is 0.268 e. The third-order valence-electron chi connectivity index (χ3n) is 12.6. The topological polar surface area (TPSA) is 108 Å². The molecule has 0 saturated carbocycles. The highest BCUT2D eigenvalue weighted by molar-refractivity contribution is 7.45. The van der Waals surface area contributed by atoms with Crippen LogP contribution in [-0.2, 0) is 18.4 Å². The standard InChI is InChI=1S/C52H107N2O6P/c1-6-8-10-12-14-16-17-18-19-20-21-22-23-24-25-26-27-28-29-30-31-32-33-34-35-36-37-38-40-42-44-46-52(56)53-50(49-60-61(57,58)59-48-47-54(3,4)5)51(55)45-43-41-39-15-13-11-9-7-2/h50-51,55H,6-49H2,1-5H3,(H-,53,56,57,58). The molecule has 2 N–H and O–H groups in total. The Labute approximate surface area is 380 Å². The number of hydrogen-bond acceptors (Lipinski definition) is 6. The van der Waals surface area contributed by atoms with Crippen LogP contribution in [0.2, 0.25) is 0 Å². The first-order valence-electron chi connectivity index (χ1n) is 26.9. The molecule has 0 heterocycles. The minimum absolute atomic E-state index is 0.0157. The fourth-order valence-corrected chi connectivity index (χ4v) is 9.06. The number of nitrogens with zero attached hydrogens (tertiary/aromatic N) is 1. The Morgan fingerprint density at radius 2 is 0.803 bits per heavy atom. The molecule has 366 valence electrons. The number of rotatable bonds is 50. The fourth-order valence-electron chi connectivity index (χ4n) is 8.34. The van der Waals surface area contributed by atoms with E-state index in [4.69, 9.17) is 9.05 Å². The van der Waals surface area contributed by atoms with E-state index < -0.39 is 20.0 Å². The molecule has 3 unspecified atom stereocenters. The third-order valence-corrected chi connectivity index (χ3v) is 13.6. The zero-order valence-corrected chi connectivity index (χ0v) is 42.5. The van der Waals surface area contributed by atoms with Crippen LogP contribution in [0.25, 0.3) is 0 Å². The van der Waals surface area contributed by atoms with Gasteiger partial charge in [-0.2, -0.15) is 0 Å². The van der Waals surface area contributed by atoms with Crippen LogP contribution < -0.4 is 10.2 Å². The molecular formula is C52H107N2O6P. The molecule has 0 aromatic heterocycles. The van der Waals surface area contributed by atoms with Crippen LogP contribution in [0, 0.1) is 0 Å². The summed E-state index contributed by atoms with van der Waals surface area (Å²) >= 11 is 0. The van der Waals surface area contributed by atoms with Crippen LogP contribution in [0.4, 0.5) is 0 Å². The fraction of sp³-hybridized carbons (Fsp3) is 0.981. The number of phosphoric acid groups is 1. The lowest BCUT2D eigenvalue weighted by molar-refractivity contribution is -0.870. The van der Waals surface area contributed by atoms with Crippen molar-refractivity contribution in [3.63, 3.8) is 0 Å². The van der Waals surface area contributed by atoms with Crippen molar-refractivity contribution in [3.05, 3.63) is 0 Å². The van der Waals surface area contributed by atoms with Gasteiger partial charge in [-0.15, -0.1) is 0 Å². The Morgan fingerprint density at radius 1 is 0.508 bits per heavy atom. The number of nitrogens with one attached hydrogen (secondary N) is 1. The van der Waals surface area contributed by atoms with Gasteiger partial charge in [0.15, 0.2) is 0 Å². The van der Waals surface area contributed by atoms with Crippen molar-refractivity contribution in [2.24, 2.45) is 0 Å². The molecule has 61 heavy (non-hydrogen) atoms. The summed E-state index contributed by atoms with van der Waals surface area (Å²) in [5.74, 6) is -0.161. The van der Waals surface area contributed by atoms with Crippen molar-refractivity contribution in [2.75, 3.05) is 40.9 Å². The molecule has 1 amide bonds. The van der Waals surface area contributed by atoms with Gasteiger partial charge in [-0.3, -0.25) is 9.36 Å². The second-order valence-electron chi connectivity index (χ2n) is 20.0. The molecule has 0 aromatic rings. The van der Waals surface area contributed by atoms with Crippen LogP contribution in [0.5, 0.6) is 0 Å². The van der Waals surface area contributed by atoms with Gasteiger partial charge in [-0.1, -0.05) is 258 Å². The summed E-state index contributed by atoms with van der Waals surface area (Å²) in [5, 5.41) is 13.9. The van der Waals surface area contributed by atoms with Gasteiger partial charge in [-0.25, -0.2) is 0 Å². The maximum absolute atomic E-state index is 12.9. The Morgan fingerprint density at radius 3 is 1.11 bits per heavy atom. The van der Waals surface area contributed by atoms with E-state index in [2.05, 4.69) is 19.2 Å². The minimum Gasteiger partial charge on any atom is -0.756 e. The summed E-state index contributed by atoms with van der Waals surface area (Å²) < 4.78 is 23.2. The predicted molar refractivity (Wildman–Crippen MR) is 261 cm³/mol. The molecule has 0 aliphatic rings. The van der Waals surface area contributed by atoms with Crippen LogP contribution >= 0.6 is 7.82 Å². The molecule has 0 fully saturated rings. The lowest BCUT2D eigenvalue weighted by atomic mass is 10.0. The molecule has 0 radical (unpaired) electrons. The van der Waals surface area contributed by atoms with E-state index in [9.17, 15) is 19.4 Å². The second kappa shape index (κ2) is 44.7. The van der Waals surface area contributed by atoms with Gasteiger partial charge in [-0.05, 0) is 12.8 Å². The molecule has 0 aliphatic heterocycles. The van der Waals surface area contributed by atoms with Gasteiger partial charge >= 0.3 is 0 Å². The first kappa shape index (κ1) is 60.5. The number of likely N-dealkylation sites (N-methyl/N-ethyl adjacent to an activating group) is 1. The Kier molecular flexibility index (Phi) is 44.3. The first-order valence-corrected chi connectivity index (χ1v) is 28.3. The average molecular weight is 887 g/mol. The molecule has 9 heteroatoms. The van der Waals surface area contributed by atoms with E-state index in [1.807, 2.05) is 21.1 Å². The minimum atomic E-state index is -4.55. The zero-order chi connectivity index (χ0) is 45.0. The first-order chi connectivity index (χ1) is 29.5. The number of carbonyl (C=O) groups excluding carboxylic acids is 1. The van der Waals surface area contributed by atoms with Gasteiger partial charge in [0, 0.05) is 6.42 Å². The van der Waals surface area contributed by atoms with Gasteiger partial charge in [0.05, 0.1) is 39.9 Å². The molecule has 0 aliphatic carbocycles. The third kappa shape index (κ3) is 47.3. The number of amides is 1. The van der Waals surface area contributed by atoms with Gasteiger partial charge in [0.2, 0.25) is 5.91 Å².